The molecule has 0 amide bonds. The third kappa shape index (κ3) is 4.14. The minimum absolute atomic E-state index is 0.230. The topological polar surface area (TPSA) is 67.3 Å². The number of carbonyl (C=O) groups is 1. The van der Waals surface area contributed by atoms with Crippen LogP contribution >= 0.6 is 15.9 Å². The molecule has 1 saturated carbocycles. The summed E-state index contributed by atoms with van der Waals surface area (Å²) in [7, 11) is 3.80. The maximum atomic E-state index is 10.5. The van der Waals surface area contributed by atoms with Crippen LogP contribution in [0.3, 0.4) is 0 Å². The summed E-state index contributed by atoms with van der Waals surface area (Å²) in [6.07, 6.45) is 7.07. The highest BCUT2D eigenvalue weighted by atomic mass is 79.9. The van der Waals surface area contributed by atoms with Gasteiger partial charge in [0.1, 0.15) is 10.9 Å². The molecule has 0 atom stereocenters. The standard InChI is InChI=1S/C14H21BrN4O2/c1-19(10-3-5-11(21-2)6-4-10)14-13(16-7-8-20)17-9-12(15)18-14/h8-11H,3-7H2,1-2H3,(H,16,17)/t10-,11-. The van der Waals surface area contributed by atoms with Gasteiger partial charge in [-0.05, 0) is 41.6 Å². The molecule has 0 aliphatic heterocycles. The van der Waals surface area contributed by atoms with Gasteiger partial charge in [-0.2, -0.15) is 0 Å². The Bertz CT molecular complexity index is 478. The second kappa shape index (κ2) is 7.70. The first kappa shape index (κ1) is 16.2. The van der Waals surface area contributed by atoms with E-state index in [1.54, 1.807) is 13.3 Å². The Kier molecular flexibility index (Phi) is 5.93. The molecule has 0 aromatic carbocycles. The van der Waals surface area contributed by atoms with Crippen LogP contribution in [0, 0.1) is 0 Å². The van der Waals surface area contributed by atoms with Gasteiger partial charge >= 0.3 is 0 Å². The number of methoxy groups -OCH3 is 1. The number of carbonyl (C=O) groups excluding carboxylic acids is 1. The van der Waals surface area contributed by atoms with E-state index in [0.717, 1.165) is 37.8 Å². The molecule has 1 N–H and O–H groups in total. The molecule has 0 bridgehead atoms. The number of hydrogen-bond acceptors (Lipinski definition) is 6. The molecule has 7 heteroatoms. The monoisotopic (exact) mass is 356 g/mol. The molecular weight excluding hydrogens is 336 g/mol. The van der Waals surface area contributed by atoms with Crippen molar-refractivity contribution >= 4 is 33.9 Å². The van der Waals surface area contributed by atoms with Crippen molar-refractivity contribution in [1.29, 1.82) is 0 Å². The molecule has 0 spiro atoms. The SMILES string of the molecule is CO[C@H]1CC[C@H](N(C)c2nc(Br)cnc2NCC=O)CC1. The Balaban J connectivity index is 2.12. The number of ether oxygens (including phenoxy) is 1. The molecular formula is C14H21BrN4O2. The van der Waals surface area contributed by atoms with Gasteiger partial charge in [-0.25, -0.2) is 9.97 Å². The Morgan fingerprint density at radius 1 is 1.48 bits per heavy atom. The van der Waals surface area contributed by atoms with Crippen LogP contribution < -0.4 is 10.2 Å². The summed E-state index contributed by atoms with van der Waals surface area (Å²) in [4.78, 5) is 21.5. The third-order valence-electron chi connectivity index (χ3n) is 3.94. The first-order valence-electron chi connectivity index (χ1n) is 7.11. The predicted octanol–water partition coefficient (Wildman–Crippen LogP) is 2.24. The van der Waals surface area contributed by atoms with Crippen LogP contribution in [0.2, 0.25) is 0 Å². The summed E-state index contributed by atoms with van der Waals surface area (Å²) in [6, 6.07) is 0.414. The van der Waals surface area contributed by atoms with Crippen LogP contribution in [-0.4, -0.2) is 49.1 Å². The molecule has 6 nitrogen and oxygen atoms in total. The van der Waals surface area contributed by atoms with Crippen molar-refractivity contribution in [1.82, 2.24) is 9.97 Å². The Hall–Kier alpha value is -1.21. The van der Waals surface area contributed by atoms with Gasteiger partial charge in [0.15, 0.2) is 11.6 Å². The zero-order valence-corrected chi connectivity index (χ0v) is 14.0. The molecule has 0 radical (unpaired) electrons. The normalized spacial score (nSPS) is 21.9. The minimum atomic E-state index is 0.230. The lowest BCUT2D eigenvalue weighted by molar-refractivity contribution is -0.106. The summed E-state index contributed by atoms with van der Waals surface area (Å²) >= 11 is 3.36. The van der Waals surface area contributed by atoms with Gasteiger partial charge in [-0.15, -0.1) is 0 Å². The van der Waals surface area contributed by atoms with Crippen molar-refractivity contribution < 1.29 is 9.53 Å². The molecule has 1 heterocycles. The smallest absolute Gasteiger partial charge is 0.172 e. The number of aromatic nitrogens is 2. The Morgan fingerprint density at radius 2 is 2.19 bits per heavy atom. The molecule has 1 aromatic rings. The van der Waals surface area contributed by atoms with Gasteiger partial charge in [0.25, 0.3) is 0 Å². The molecule has 0 saturated heterocycles. The van der Waals surface area contributed by atoms with Crippen LogP contribution in [0.1, 0.15) is 25.7 Å². The van der Waals surface area contributed by atoms with Crippen molar-refractivity contribution in [2.75, 3.05) is 30.9 Å². The number of nitrogens with zero attached hydrogens (tertiary/aromatic N) is 3. The lowest BCUT2D eigenvalue weighted by atomic mass is 9.92. The zero-order chi connectivity index (χ0) is 15.2. The van der Waals surface area contributed by atoms with Gasteiger partial charge < -0.3 is 19.7 Å². The van der Waals surface area contributed by atoms with Crippen LogP contribution in [0.15, 0.2) is 10.8 Å². The maximum Gasteiger partial charge on any atom is 0.172 e. The number of rotatable bonds is 6. The summed E-state index contributed by atoms with van der Waals surface area (Å²) in [5.74, 6) is 1.41. The third-order valence-corrected chi connectivity index (χ3v) is 4.32. The lowest BCUT2D eigenvalue weighted by Crippen LogP contribution is -2.37. The van der Waals surface area contributed by atoms with Crippen LogP contribution in [0.5, 0.6) is 0 Å². The summed E-state index contributed by atoms with van der Waals surface area (Å²) in [5.41, 5.74) is 0. The van der Waals surface area contributed by atoms with Gasteiger partial charge in [0.2, 0.25) is 0 Å². The van der Waals surface area contributed by atoms with E-state index in [2.05, 4.69) is 36.1 Å². The fourth-order valence-electron chi connectivity index (χ4n) is 2.71. The molecule has 1 aliphatic carbocycles. The fraction of sp³-hybridized carbons (Fsp3) is 0.643. The average Bonchev–Trinajstić information content (AvgIpc) is 2.53. The molecule has 0 unspecified atom stereocenters. The van der Waals surface area contributed by atoms with Crippen LogP contribution in [0.4, 0.5) is 11.6 Å². The van der Waals surface area contributed by atoms with Gasteiger partial charge in [0.05, 0.1) is 18.8 Å². The number of anilines is 2. The zero-order valence-electron chi connectivity index (χ0n) is 12.4. The van der Waals surface area contributed by atoms with Crippen molar-refractivity contribution in [3.8, 4) is 0 Å². The van der Waals surface area contributed by atoms with Crippen LogP contribution in [0.25, 0.3) is 0 Å². The highest BCUT2D eigenvalue weighted by molar-refractivity contribution is 9.10. The van der Waals surface area contributed by atoms with E-state index in [-0.39, 0.29) is 6.54 Å². The molecule has 1 fully saturated rings. The lowest BCUT2D eigenvalue weighted by Gasteiger charge is -2.35. The van der Waals surface area contributed by atoms with E-state index in [1.165, 1.54) is 0 Å². The van der Waals surface area contributed by atoms with Crippen molar-refractivity contribution in [2.45, 2.75) is 37.8 Å². The highest BCUT2D eigenvalue weighted by Crippen LogP contribution is 2.30. The molecule has 21 heavy (non-hydrogen) atoms. The van der Waals surface area contributed by atoms with E-state index in [1.807, 2.05) is 7.05 Å². The van der Waals surface area contributed by atoms with E-state index < -0.39 is 0 Å². The van der Waals surface area contributed by atoms with E-state index >= 15 is 0 Å². The van der Waals surface area contributed by atoms with Gasteiger partial charge in [-0.1, -0.05) is 0 Å². The highest BCUT2D eigenvalue weighted by Gasteiger charge is 2.26. The molecule has 116 valence electrons. The van der Waals surface area contributed by atoms with Crippen molar-refractivity contribution in [3.05, 3.63) is 10.8 Å². The van der Waals surface area contributed by atoms with E-state index in [0.29, 0.717) is 22.6 Å². The molecule has 1 aliphatic rings. The second-order valence-electron chi connectivity index (χ2n) is 5.19. The van der Waals surface area contributed by atoms with E-state index in [4.69, 9.17) is 4.74 Å². The molecule has 2 rings (SSSR count). The summed E-state index contributed by atoms with van der Waals surface area (Å²) in [5, 5.41) is 3.00. The number of hydrogen-bond donors (Lipinski definition) is 1. The summed E-state index contributed by atoms with van der Waals surface area (Å²) < 4.78 is 6.10. The predicted molar refractivity (Wildman–Crippen MR) is 85.7 cm³/mol. The number of nitrogens with one attached hydrogen (secondary N) is 1. The first-order chi connectivity index (χ1) is 10.2. The fourth-order valence-corrected chi connectivity index (χ4v) is 2.98. The second-order valence-corrected chi connectivity index (χ2v) is 6.00. The Labute approximate surface area is 133 Å². The minimum Gasteiger partial charge on any atom is -0.381 e. The van der Waals surface area contributed by atoms with E-state index in [9.17, 15) is 4.79 Å². The quantitative estimate of drug-likeness (QED) is 0.788. The van der Waals surface area contributed by atoms with Crippen LogP contribution in [-0.2, 0) is 9.53 Å². The Morgan fingerprint density at radius 3 is 2.81 bits per heavy atom. The van der Waals surface area contributed by atoms with Gasteiger partial charge in [-0.3, -0.25) is 0 Å². The number of aldehydes is 1. The maximum absolute atomic E-state index is 10.5. The van der Waals surface area contributed by atoms with Crippen molar-refractivity contribution in [3.63, 3.8) is 0 Å². The van der Waals surface area contributed by atoms with Gasteiger partial charge in [0, 0.05) is 20.2 Å². The average molecular weight is 357 g/mol. The first-order valence-corrected chi connectivity index (χ1v) is 7.90. The summed E-state index contributed by atoms with van der Waals surface area (Å²) in [6.45, 7) is 0.230. The van der Waals surface area contributed by atoms with Crippen molar-refractivity contribution in [2.24, 2.45) is 0 Å². The largest absolute Gasteiger partial charge is 0.381 e. The number of halogens is 1. The molecule has 1 aromatic heterocycles.